The largest absolute Gasteiger partial charge is 0.368 e. The Bertz CT molecular complexity index is 433. The van der Waals surface area contributed by atoms with Crippen LogP contribution in [0.4, 0.5) is 5.69 Å². The summed E-state index contributed by atoms with van der Waals surface area (Å²) in [6, 6.07) is 8.96. The molecule has 1 aliphatic carbocycles. The number of anilines is 1. The Labute approximate surface area is 117 Å². The monoisotopic (exact) mass is 258 g/mol. The third-order valence-corrected chi connectivity index (χ3v) is 4.84. The van der Waals surface area contributed by atoms with Gasteiger partial charge in [-0.05, 0) is 30.4 Å². The lowest BCUT2D eigenvalue weighted by Crippen LogP contribution is -2.59. The Balaban J connectivity index is 1.85. The molecule has 1 aromatic rings. The Morgan fingerprint density at radius 1 is 1.16 bits per heavy atom. The first-order chi connectivity index (χ1) is 9.20. The van der Waals surface area contributed by atoms with E-state index >= 15 is 0 Å². The zero-order chi connectivity index (χ0) is 13.3. The molecule has 2 aliphatic rings. The highest BCUT2D eigenvalue weighted by Crippen LogP contribution is 2.35. The van der Waals surface area contributed by atoms with Gasteiger partial charge in [-0.15, -0.1) is 0 Å². The summed E-state index contributed by atoms with van der Waals surface area (Å²) in [5.74, 6) is 0.602. The van der Waals surface area contributed by atoms with Crippen molar-refractivity contribution >= 4 is 5.69 Å². The summed E-state index contributed by atoms with van der Waals surface area (Å²) >= 11 is 0. The van der Waals surface area contributed by atoms with Gasteiger partial charge in [-0.25, -0.2) is 0 Å². The SMILES string of the molecule is CC(C)c1ccccc1N1CCNC2(CCCC2)C1. The van der Waals surface area contributed by atoms with Gasteiger partial charge in [0.15, 0.2) is 0 Å². The van der Waals surface area contributed by atoms with E-state index in [9.17, 15) is 0 Å². The maximum absolute atomic E-state index is 3.80. The Kier molecular flexibility index (Phi) is 3.53. The number of hydrogen-bond donors (Lipinski definition) is 1. The molecular formula is C17H26N2. The van der Waals surface area contributed by atoms with Crippen LogP contribution in [0, 0.1) is 0 Å². The van der Waals surface area contributed by atoms with Crippen molar-refractivity contribution in [3.05, 3.63) is 29.8 Å². The van der Waals surface area contributed by atoms with Crippen molar-refractivity contribution in [2.24, 2.45) is 0 Å². The molecule has 1 saturated carbocycles. The molecular weight excluding hydrogens is 232 g/mol. The van der Waals surface area contributed by atoms with E-state index in [1.165, 1.54) is 43.5 Å². The number of piperazine rings is 1. The van der Waals surface area contributed by atoms with Crippen LogP contribution in [-0.4, -0.2) is 25.2 Å². The Hall–Kier alpha value is -1.02. The topological polar surface area (TPSA) is 15.3 Å². The molecule has 1 spiro atoms. The van der Waals surface area contributed by atoms with Crippen LogP contribution < -0.4 is 10.2 Å². The normalized spacial score (nSPS) is 22.4. The molecule has 104 valence electrons. The van der Waals surface area contributed by atoms with Gasteiger partial charge in [0, 0.05) is 30.9 Å². The van der Waals surface area contributed by atoms with Crippen molar-refractivity contribution in [3.63, 3.8) is 0 Å². The lowest BCUT2D eigenvalue weighted by molar-refractivity contribution is 0.303. The lowest BCUT2D eigenvalue weighted by Gasteiger charge is -2.43. The van der Waals surface area contributed by atoms with Crippen molar-refractivity contribution < 1.29 is 0 Å². The first-order valence-electron chi connectivity index (χ1n) is 7.79. The van der Waals surface area contributed by atoms with Gasteiger partial charge in [0.2, 0.25) is 0 Å². The van der Waals surface area contributed by atoms with E-state index in [1.807, 2.05) is 0 Å². The van der Waals surface area contributed by atoms with E-state index in [2.05, 4.69) is 48.3 Å². The molecule has 1 aromatic carbocycles. The molecule has 0 aromatic heterocycles. The van der Waals surface area contributed by atoms with Gasteiger partial charge >= 0.3 is 0 Å². The lowest BCUT2D eigenvalue weighted by atomic mass is 9.92. The number of nitrogens with one attached hydrogen (secondary N) is 1. The van der Waals surface area contributed by atoms with Gasteiger partial charge in [-0.1, -0.05) is 44.9 Å². The maximum Gasteiger partial charge on any atom is 0.0402 e. The standard InChI is InChI=1S/C17H26N2/c1-14(2)15-7-3-4-8-16(15)19-12-11-18-17(13-19)9-5-6-10-17/h3-4,7-8,14,18H,5-6,9-13H2,1-2H3. The van der Waals surface area contributed by atoms with E-state index in [4.69, 9.17) is 0 Å². The molecule has 1 N–H and O–H groups in total. The van der Waals surface area contributed by atoms with E-state index < -0.39 is 0 Å². The van der Waals surface area contributed by atoms with Crippen LogP contribution in [0.15, 0.2) is 24.3 Å². The Morgan fingerprint density at radius 3 is 2.63 bits per heavy atom. The first kappa shape index (κ1) is 13.0. The zero-order valence-electron chi connectivity index (χ0n) is 12.3. The summed E-state index contributed by atoms with van der Waals surface area (Å²) in [5, 5.41) is 3.80. The fourth-order valence-electron chi connectivity index (χ4n) is 3.81. The highest BCUT2D eigenvalue weighted by atomic mass is 15.2. The van der Waals surface area contributed by atoms with Crippen molar-refractivity contribution in [3.8, 4) is 0 Å². The fraction of sp³-hybridized carbons (Fsp3) is 0.647. The van der Waals surface area contributed by atoms with Crippen LogP contribution in [0.25, 0.3) is 0 Å². The first-order valence-corrected chi connectivity index (χ1v) is 7.79. The molecule has 0 unspecified atom stereocenters. The molecule has 0 atom stereocenters. The van der Waals surface area contributed by atoms with Gasteiger partial charge in [-0.3, -0.25) is 0 Å². The van der Waals surface area contributed by atoms with E-state index in [1.54, 1.807) is 0 Å². The number of nitrogens with zero attached hydrogens (tertiary/aromatic N) is 1. The van der Waals surface area contributed by atoms with Gasteiger partial charge in [-0.2, -0.15) is 0 Å². The minimum Gasteiger partial charge on any atom is -0.368 e. The Morgan fingerprint density at radius 2 is 1.89 bits per heavy atom. The number of benzene rings is 1. The van der Waals surface area contributed by atoms with Gasteiger partial charge < -0.3 is 10.2 Å². The third-order valence-electron chi connectivity index (χ3n) is 4.84. The van der Waals surface area contributed by atoms with Gasteiger partial charge in [0.05, 0.1) is 0 Å². The second-order valence-electron chi connectivity index (χ2n) is 6.55. The van der Waals surface area contributed by atoms with Gasteiger partial charge in [0.1, 0.15) is 0 Å². The summed E-state index contributed by atoms with van der Waals surface area (Å²) in [6.45, 7) is 8.06. The number of rotatable bonds is 2. The highest BCUT2D eigenvalue weighted by Gasteiger charge is 2.38. The fourth-order valence-corrected chi connectivity index (χ4v) is 3.81. The van der Waals surface area contributed by atoms with E-state index in [0.717, 1.165) is 13.1 Å². The molecule has 1 heterocycles. The predicted octanol–water partition coefficient (Wildman–Crippen LogP) is 3.53. The van der Waals surface area contributed by atoms with Crippen LogP contribution in [-0.2, 0) is 0 Å². The number of hydrogen-bond acceptors (Lipinski definition) is 2. The second-order valence-corrected chi connectivity index (χ2v) is 6.55. The van der Waals surface area contributed by atoms with Crippen LogP contribution >= 0.6 is 0 Å². The minimum absolute atomic E-state index is 0.405. The molecule has 2 nitrogen and oxygen atoms in total. The molecule has 0 radical (unpaired) electrons. The van der Waals surface area contributed by atoms with Crippen LogP contribution in [0.3, 0.4) is 0 Å². The summed E-state index contributed by atoms with van der Waals surface area (Å²) in [7, 11) is 0. The summed E-state index contributed by atoms with van der Waals surface area (Å²) in [4.78, 5) is 2.62. The zero-order valence-corrected chi connectivity index (χ0v) is 12.3. The van der Waals surface area contributed by atoms with E-state index in [0.29, 0.717) is 11.5 Å². The maximum atomic E-state index is 3.80. The average Bonchev–Trinajstić information content (AvgIpc) is 2.86. The summed E-state index contributed by atoms with van der Waals surface area (Å²) < 4.78 is 0. The molecule has 0 bridgehead atoms. The summed E-state index contributed by atoms with van der Waals surface area (Å²) in [5.41, 5.74) is 3.37. The highest BCUT2D eigenvalue weighted by molar-refractivity contribution is 5.55. The van der Waals surface area contributed by atoms with Crippen LogP contribution in [0.5, 0.6) is 0 Å². The quantitative estimate of drug-likeness (QED) is 0.873. The smallest absolute Gasteiger partial charge is 0.0402 e. The van der Waals surface area contributed by atoms with Crippen molar-refractivity contribution in [1.82, 2.24) is 5.32 Å². The third kappa shape index (κ3) is 2.51. The molecule has 1 saturated heterocycles. The van der Waals surface area contributed by atoms with Crippen molar-refractivity contribution in [1.29, 1.82) is 0 Å². The summed E-state index contributed by atoms with van der Waals surface area (Å²) in [6.07, 6.45) is 5.50. The van der Waals surface area contributed by atoms with Gasteiger partial charge in [0.25, 0.3) is 0 Å². The molecule has 3 rings (SSSR count). The van der Waals surface area contributed by atoms with Crippen molar-refractivity contribution in [2.45, 2.75) is 51.0 Å². The molecule has 1 aliphatic heterocycles. The van der Waals surface area contributed by atoms with Crippen LogP contribution in [0.1, 0.15) is 51.0 Å². The number of para-hydroxylation sites is 1. The predicted molar refractivity (Wildman–Crippen MR) is 81.9 cm³/mol. The minimum atomic E-state index is 0.405. The van der Waals surface area contributed by atoms with Crippen LogP contribution in [0.2, 0.25) is 0 Å². The average molecular weight is 258 g/mol. The molecule has 19 heavy (non-hydrogen) atoms. The molecule has 2 fully saturated rings. The molecule has 0 amide bonds. The molecule has 2 heteroatoms. The van der Waals surface area contributed by atoms with E-state index in [-0.39, 0.29) is 0 Å². The second kappa shape index (κ2) is 5.16. The van der Waals surface area contributed by atoms with Crippen molar-refractivity contribution in [2.75, 3.05) is 24.5 Å².